The van der Waals surface area contributed by atoms with E-state index in [1.807, 2.05) is 0 Å². The zero-order valence-corrected chi connectivity index (χ0v) is 8.05. The molecule has 0 aliphatic heterocycles. The van der Waals surface area contributed by atoms with Gasteiger partial charge in [0, 0.05) is 19.4 Å². The average molecular weight is 190 g/mol. The van der Waals surface area contributed by atoms with Gasteiger partial charge in [0.25, 0.3) is 0 Å². The van der Waals surface area contributed by atoms with Crippen LogP contribution in [0, 0.1) is 0 Å². The second-order valence-corrected chi connectivity index (χ2v) is 3.03. The van der Waals surface area contributed by atoms with Crippen LogP contribution in [0.3, 0.4) is 0 Å². The van der Waals surface area contributed by atoms with Gasteiger partial charge in [-0.05, 0) is 12.1 Å². The van der Waals surface area contributed by atoms with Crippen LogP contribution in [0.25, 0.3) is 11.0 Å². The average Bonchev–Trinajstić information content (AvgIpc) is 2.55. The second-order valence-electron chi connectivity index (χ2n) is 3.03. The van der Waals surface area contributed by atoms with E-state index < -0.39 is 0 Å². The van der Waals surface area contributed by atoms with Gasteiger partial charge in [-0.1, -0.05) is 12.1 Å². The molecule has 72 valence electrons. The van der Waals surface area contributed by atoms with Gasteiger partial charge in [0.2, 0.25) is 0 Å². The minimum Gasteiger partial charge on any atom is -0.451 e. The Labute approximate surface area is 83.1 Å². The fourth-order valence-electron chi connectivity index (χ4n) is 1.49. The zero-order valence-electron chi connectivity index (χ0n) is 9.05. The molecule has 1 aromatic carbocycles. The van der Waals surface area contributed by atoms with Gasteiger partial charge >= 0.3 is 0 Å². The first-order valence-corrected chi connectivity index (χ1v) is 4.35. The number of hydrogen-bond acceptors (Lipinski definition) is 3. The molecule has 2 rings (SSSR count). The molecule has 0 aliphatic carbocycles. The molecule has 0 atom stereocenters. The molecule has 2 aromatic rings. The summed E-state index contributed by atoms with van der Waals surface area (Å²) in [6, 6.07) is 5.42. The number of furan rings is 1. The highest BCUT2D eigenvalue weighted by Gasteiger charge is 2.15. The van der Waals surface area contributed by atoms with E-state index in [-0.39, 0.29) is 5.78 Å². The molecule has 0 radical (unpaired) electrons. The van der Waals surface area contributed by atoms with Gasteiger partial charge in [0.05, 0.1) is 7.06 Å². The van der Waals surface area contributed by atoms with Crippen molar-refractivity contribution >= 4 is 22.4 Å². The number of carbonyl (C=O) groups excluding carboxylic acids is 1. The van der Waals surface area contributed by atoms with E-state index in [1.54, 1.807) is 25.2 Å². The minimum absolute atomic E-state index is 0.123. The molecular formula is C11H11NO2. The number of nitrogens with one attached hydrogen (secondary N) is 1. The van der Waals surface area contributed by atoms with Crippen LogP contribution in [-0.4, -0.2) is 12.8 Å². The highest BCUT2D eigenvalue weighted by Crippen LogP contribution is 2.30. The van der Waals surface area contributed by atoms with E-state index in [0.717, 1.165) is 5.39 Å². The molecule has 3 heteroatoms. The van der Waals surface area contributed by atoms with Crippen LogP contribution < -0.4 is 5.32 Å². The van der Waals surface area contributed by atoms with Crippen molar-refractivity contribution in [3.05, 3.63) is 30.0 Å². The highest BCUT2D eigenvalue weighted by molar-refractivity contribution is 6.06. The highest BCUT2D eigenvalue weighted by atomic mass is 16.3. The maximum absolute atomic E-state index is 11.3. The van der Waals surface area contributed by atoms with Crippen LogP contribution in [-0.2, 0) is 0 Å². The van der Waals surface area contributed by atoms with E-state index >= 15 is 0 Å². The lowest BCUT2D eigenvalue weighted by Gasteiger charge is -1.96. The third kappa shape index (κ3) is 1.18. The first kappa shape index (κ1) is 7.62. The Morgan fingerprint density at radius 2 is 2.36 bits per heavy atom. The molecule has 14 heavy (non-hydrogen) atoms. The van der Waals surface area contributed by atoms with Crippen molar-refractivity contribution in [2.24, 2.45) is 0 Å². The molecule has 0 bridgehead atoms. The fourth-order valence-corrected chi connectivity index (χ4v) is 1.49. The number of ketones is 1. The van der Waals surface area contributed by atoms with Crippen molar-refractivity contribution in [1.82, 2.24) is 0 Å². The molecule has 1 N–H and O–H groups in total. The molecule has 1 heterocycles. The van der Waals surface area contributed by atoms with Gasteiger partial charge in [-0.3, -0.25) is 4.79 Å². The maximum atomic E-state index is 11.3. The molecule has 0 fully saturated rings. The lowest BCUT2D eigenvalue weighted by Crippen LogP contribution is -1.96. The van der Waals surface area contributed by atoms with Crippen molar-refractivity contribution in [3.63, 3.8) is 0 Å². The molecule has 0 aliphatic rings. The minimum atomic E-state index is -0.123. The zero-order chi connectivity index (χ0) is 11.0. The van der Waals surface area contributed by atoms with Gasteiger partial charge in [-0.15, -0.1) is 0 Å². The first-order chi connectivity index (χ1) is 7.13. The third-order valence-electron chi connectivity index (χ3n) is 2.10. The van der Waals surface area contributed by atoms with Crippen LogP contribution in [0.2, 0.25) is 0 Å². The third-order valence-corrected chi connectivity index (χ3v) is 2.10. The second kappa shape index (κ2) is 3.18. The van der Waals surface area contributed by atoms with Gasteiger partial charge in [-0.25, -0.2) is 0 Å². The van der Waals surface area contributed by atoms with E-state index in [4.69, 9.17) is 5.79 Å². The summed E-state index contributed by atoms with van der Waals surface area (Å²) in [7, 11) is 1.74. The predicted molar refractivity (Wildman–Crippen MR) is 55.8 cm³/mol. The monoisotopic (exact) mass is 190 g/mol. The van der Waals surface area contributed by atoms with Gasteiger partial charge in [-0.2, -0.15) is 0 Å². The Kier molecular flexibility index (Phi) is 1.73. The van der Waals surface area contributed by atoms with Gasteiger partial charge < -0.3 is 9.73 Å². The Balaban J connectivity index is 2.78. The lowest BCUT2D eigenvalue weighted by molar-refractivity contribution is 0.0990. The van der Waals surface area contributed by atoms with E-state index in [1.165, 1.54) is 6.92 Å². The molecule has 0 spiro atoms. The van der Waals surface area contributed by atoms with Crippen molar-refractivity contribution in [2.45, 2.75) is 6.92 Å². The Bertz CT molecular complexity index is 531. The van der Waals surface area contributed by atoms with Crippen LogP contribution >= 0.6 is 0 Å². The summed E-state index contributed by atoms with van der Waals surface area (Å²) in [5.41, 5.74) is 1.26. The molecule has 0 saturated carbocycles. The van der Waals surface area contributed by atoms with Gasteiger partial charge in [0.15, 0.2) is 11.5 Å². The van der Waals surface area contributed by atoms with Crippen molar-refractivity contribution in [1.29, 1.82) is 0 Å². The number of hydrogen-bond donors (Lipinski definition) is 1. The number of Topliss-reactive ketones (excluding diaryl/α,β-unsaturated/α-hetero) is 1. The fraction of sp³-hybridized carbons (Fsp3) is 0.182. The summed E-state index contributed by atoms with van der Waals surface area (Å²) in [4.78, 5) is 11.3. The quantitative estimate of drug-likeness (QED) is 0.740. The molecular weight excluding hydrogens is 178 g/mol. The smallest absolute Gasteiger partial charge is 0.197 e. The van der Waals surface area contributed by atoms with Crippen molar-refractivity contribution < 1.29 is 10.6 Å². The molecule has 0 amide bonds. The van der Waals surface area contributed by atoms with E-state index in [2.05, 4.69) is 5.32 Å². The summed E-state index contributed by atoms with van der Waals surface area (Å²) in [6.45, 7) is 1.46. The number of benzene rings is 1. The molecule has 1 aromatic heterocycles. The Morgan fingerprint density at radius 3 is 3.00 bits per heavy atom. The standard InChI is InChI=1S/C11H11NO2/c1-7(13)11-10(12-2)8-5-3-4-6-9(8)14-11/h3-6,12H,1-2H3/i4D. The van der Waals surface area contributed by atoms with Crippen molar-refractivity contribution in [3.8, 4) is 0 Å². The van der Waals surface area contributed by atoms with Crippen LogP contribution in [0.15, 0.2) is 28.7 Å². The SMILES string of the molecule is [2H]c1ccc2c(NC)c(C(C)=O)oc2c1. The van der Waals surface area contributed by atoms with E-state index in [0.29, 0.717) is 23.1 Å². The normalized spacial score (nSPS) is 11.4. The Hall–Kier alpha value is -1.77. The maximum Gasteiger partial charge on any atom is 0.197 e. The summed E-state index contributed by atoms with van der Waals surface area (Å²) in [5.74, 6) is 0.195. The first-order valence-electron chi connectivity index (χ1n) is 4.85. The van der Waals surface area contributed by atoms with Gasteiger partial charge in [0.1, 0.15) is 5.58 Å². The predicted octanol–water partition coefficient (Wildman–Crippen LogP) is 2.68. The van der Waals surface area contributed by atoms with Crippen molar-refractivity contribution in [2.75, 3.05) is 12.4 Å². The largest absolute Gasteiger partial charge is 0.451 e. The van der Waals surface area contributed by atoms with E-state index in [9.17, 15) is 4.79 Å². The number of para-hydroxylation sites is 1. The molecule has 0 saturated heterocycles. The number of anilines is 1. The summed E-state index contributed by atoms with van der Waals surface area (Å²) in [5, 5.41) is 3.78. The summed E-state index contributed by atoms with van der Waals surface area (Å²) in [6.07, 6.45) is 0. The summed E-state index contributed by atoms with van der Waals surface area (Å²) >= 11 is 0. The number of fused-ring (bicyclic) bond motifs is 1. The number of carbonyl (C=O) groups is 1. The molecule has 3 nitrogen and oxygen atoms in total. The number of rotatable bonds is 2. The molecule has 0 unspecified atom stereocenters. The lowest BCUT2D eigenvalue weighted by atomic mass is 10.2. The Morgan fingerprint density at radius 1 is 1.57 bits per heavy atom. The summed E-state index contributed by atoms with van der Waals surface area (Å²) < 4.78 is 12.9. The van der Waals surface area contributed by atoms with Crippen LogP contribution in [0.1, 0.15) is 18.8 Å². The van der Waals surface area contributed by atoms with Crippen LogP contribution in [0.4, 0.5) is 5.69 Å². The van der Waals surface area contributed by atoms with Crippen LogP contribution in [0.5, 0.6) is 0 Å². The topological polar surface area (TPSA) is 42.2 Å².